The normalized spacial score (nSPS) is 13.4. The van der Waals surface area contributed by atoms with Crippen LogP contribution in [0, 0.1) is 0 Å². The number of methoxy groups -OCH3 is 1. The number of amides is 1. The van der Waals surface area contributed by atoms with Crippen LogP contribution in [0.15, 0.2) is 0 Å². The van der Waals surface area contributed by atoms with Gasteiger partial charge in [-0.15, -0.1) is 0 Å². The van der Waals surface area contributed by atoms with Crippen molar-refractivity contribution in [2.45, 2.75) is 51.7 Å². The number of carbonyl (C=O) groups excluding carboxylic acids is 1. The van der Waals surface area contributed by atoms with Crippen LogP contribution in [-0.4, -0.2) is 44.4 Å². The lowest BCUT2D eigenvalue weighted by Crippen LogP contribution is -2.46. The van der Waals surface area contributed by atoms with Crippen LogP contribution in [0.3, 0.4) is 0 Å². The molecule has 3 N–H and O–H groups in total. The fourth-order valence-electron chi connectivity index (χ4n) is 1.75. The van der Waals surface area contributed by atoms with Gasteiger partial charge in [-0.3, -0.25) is 4.79 Å². The second-order valence-electron chi connectivity index (χ2n) is 4.49. The maximum atomic E-state index is 11.8. The Hall–Kier alpha value is -0.650. The number of carbonyl (C=O) groups is 1. The first-order chi connectivity index (χ1) is 8.55. The summed E-state index contributed by atoms with van der Waals surface area (Å²) in [7, 11) is 1.64. The predicted molar refractivity (Wildman–Crippen MR) is 72.4 cm³/mol. The van der Waals surface area contributed by atoms with E-state index in [0.29, 0.717) is 19.7 Å². The summed E-state index contributed by atoms with van der Waals surface area (Å²) in [5.41, 5.74) is 5.36. The van der Waals surface area contributed by atoms with Gasteiger partial charge in [0.15, 0.2) is 0 Å². The topological polar surface area (TPSA) is 73.6 Å². The number of hydrogen-bond acceptors (Lipinski definition) is 4. The van der Waals surface area contributed by atoms with E-state index < -0.39 is 6.10 Å². The van der Waals surface area contributed by atoms with Gasteiger partial charge >= 0.3 is 0 Å². The van der Waals surface area contributed by atoms with E-state index in [1.165, 1.54) is 0 Å². The van der Waals surface area contributed by atoms with E-state index >= 15 is 0 Å². The first-order valence-electron chi connectivity index (χ1n) is 6.69. The zero-order chi connectivity index (χ0) is 14.0. The van der Waals surface area contributed by atoms with Crippen molar-refractivity contribution in [3.63, 3.8) is 0 Å². The van der Waals surface area contributed by atoms with E-state index in [1.54, 1.807) is 14.0 Å². The molecule has 0 saturated heterocycles. The molecule has 0 aromatic carbocycles. The number of rotatable bonds is 10. The summed E-state index contributed by atoms with van der Waals surface area (Å²) < 4.78 is 10.8. The van der Waals surface area contributed by atoms with E-state index in [9.17, 15) is 4.79 Å². The third kappa shape index (κ3) is 5.80. The predicted octanol–water partition coefficient (Wildman–Crippen LogP) is 1.06. The van der Waals surface area contributed by atoms with E-state index in [1.807, 2.05) is 13.8 Å². The minimum Gasteiger partial charge on any atom is -0.385 e. The monoisotopic (exact) mass is 260 g/mol. The van der Waals surface area contributed by atoms with E-state index in [2.05, 4.69) is 5.32 Å². The number of hydrogen-bond donors (Lipinski definition) is 2. The number of nitrogens with one attached hydrogen (secondary N) is 1. The molecule has 1 atom stereocenters. The van der Waals surface area contributed by atoms with Crippen LogP contribution in [0.25, 0.3) is 0 Å². The maximum absolute atomic E-state index is 11.8. The molecule has 0 heterocycles. The Bertz CT molecular complexity index is 222. The molecule has 1 amide bonds. The van der Waals surface area contributed by atoms with Crippen LogP contribution in [0.2, 0.25) is 0 Å². The first kappa shape index (κ1) is 17.4. The minimum absolute atomic E-state index is 0.0918. The van der Waals surface area contributed by atoms with Crippen LogP contribution in [0.1, 0.15) is 40.0 Å². The van der Waals surface area contributed by atoms with Crippen molar-refractivity contribution in [1.29, 1.82) is 0 Å². The van der Waals surface area contributed by atoms with Gasteiger partial charge in [0.05, 0.1) is 5.60 Å². The van der Waals surface area contributed by atoms with E-state index in [4.69, 9.17) is 15.2 Å². The second kappa shape index (κ2) is 9.30. The van der Waals surface area contributed by atoms with Gasteiger partial charge in [-0.05, 0) is 26.2 Å². The Kier molecular flexibility index (Phi) is 8.97. The van der Waals surface area contributed by atoms with Gasteiger partial charge < -0.3 is 20.5 Å². The molecule has 108 valence electrons. The SMILES string of the molecule is CCC(CC)(CN)OC(C)C(=O)NCCCOC. The summed E-state index contributed by atoms with van der Waals surface area (Å²) in [6.45, 7) is 7.50. The minimum atomic E-state index is -0.476. The van der Waals surface area contributed by atoms with Gasteiger partial charge in [0.2, 0.25) is 5.91 Å². The molecule has 0 rings (SSSR count). The summed E-state index contributed by atoms with van der Waals surface area (Å²) in [6.07, 6.45) is 1.94. The van der Waals surface area contributed by atoms with Crippen molar-refractivity contribution in [1.82, 2.24) is 5.32 Å². The average Bonchev–Trinajstić information content (AvgIpc) is 2.40. The molecule has 0 aliphatic rings. The molecule has 0 aromatic rings. The largest absolute Gasteiger partial charge is 0.385 e. The zero-order valence-electron chi connectivity index (χ0n) is 12.1. The third-order valence-corrected chi connectivity index (χ3v) is 3.28. The molecule has 0 fully saturated rings. The van der Waals surface area contributed by atoms with Crippen LogP contribution >= 0.6 is 0 Å². The molecular formula is C13H28N2O3. The fourth-order valence-corrected chi connectivity index (χ4v) is 1.75. The molecule has 0 spiro atoms. The van der Waals surface area contributed by atoms with Crippen LogP contribution < -0.4 is 11.1 Å². The third-order valence-electron chi connectivity index (χ3n) is 3.28. The second-order valence-corrected chi connectivity index (χ2v) is 4.49. The lowest BCUT2D eigenvalue weighted by Gasteiger charge is -2.33. The average molecular weight is 260 g/mol. The molecule has 0 aliphatic heterocycles. The van der Waals surface area contributed by atoms with E-state index in [0.717, 1.165) is 19.3 Å². The first-order valence-corrected chi connectivity index (χ1v) is 6.69. The van der Waals surface area contributed by atoms with Crippen molar-refractivity contribution in [3.05, 3.63) is 0 Å². The van der Waals surface area contributed by atoms with Gasteiger partial charge in [-0.1, -0.05) is 13.8 Å². The lowest BCUT2D eigenvalue weighted by molar-refractivity contribution is -0.145. The molecule has 18 heavy (non-hydrogen) atoms. The number of ether oxygens (including phenoxy) is 2. The van der Waals surface area contributed by atoms with Crippen LogP contribution in [-0.2, 0) is 14.3 Å². The van der Waals surface area contributed by atoms with Crippen molar-refractivity contribution in [2.24, 2.45) is 5.73 Å². The molecule has 5 heteroatoms. The summed E-state index contributed by atoms with van der Waals surface area (Å²) in [6, 6.07) is 0. The van der Waals surface area contributed by atoms with Gasteiger partial charge in [-0.2, -0.15) is 0 Å². The molecule has 5 nitrogen and oxygen atoms in total. The Labute approximate surface area is 110 Å². The maximum Gasteiger partial charge on any atom is 0.248 e. The van der Waals surface area contributed by atoms with Crippen molar-refractivity contribution in [3.8, 4) is 0 Å². The highest BCUT2D eigenvalue weighted by atomic mass is 16.5. The Morgan fingerprint density at radius 2 is 2.00 bits per heavy atom. The molecule has 0 aromatic heterocycles. The van der Waals surface area contributed by atoms with Crippen LogP contribution in [0.5, 0.6) is 0 Å². The summed E-state index contributed by atoms with van der Waals surface area (Å²) in [4.78, 5) is 11.8. The lowest BCUT2D eigenvalue weighted by atomic mass is 9.97. The smallest absolute Gasteiger partial charge is 0.248 e. The van der Waals surface area contributed by atoms with Crippen LogP contribution in [0.4, 0.5) is 0 Å². The molecule has 0 aliphatic carbocycles. The van der Waals surface area contributed by atoms with Gasteiger partial charge in [0.1, 0.15) is 6.10 Å². The van der Waals surface area contributed by atoms with Gasteiger partial charge in [0.25, 0.3) is 0 Å². The molecular weight excluding hydrogens is 232 g/mol. The highest BCUT2D eigenvalue weighted by Gasteiger charge is 2.29. The standard InChI is InChI=1S/C13H28N2O3/c1-5-13(6-2,10-14)18-11(3)12(16)15-8-7-9-17-4/h11H,5-10,14H2,1-4H3,(H,15,16). The van der Waals surface area contributed by atoms with E-state index in [-0.39, 0.29) is 11.5 Å². The van der Waals surface area contributed by atoms with Gasteiger partial charge in [-0.25, -0.2) is 0 Å². The highest BCUT2D eigenvalue weighted by Crippen LogP contribution is 2.21. The van der Waals surface area contributed by atoms with Crippen molar-refractivity contribution >= 4 is 5.91 Å². The zero-order valence-corrected chi connectivity index (χ0v) is 12.1. The molecule has 0 bridgehead atoms. The fraction of sp³-hybridized carbons (Fsp3) is 0.923. The summed E-state index contributed by atoms with van der Waals surface area (Å²) in [5, 5.41) is 2.83. The quantitative estimate of drug-likeness (QED) is 0.576. The Balaban J connectivity index is 4.13. The Morgan fingerprint density at radius 1 is 1.39 bits per heavy atom. The summed E-state index contributed by atoms with van der Waals surface area (Å²) >= 11 is 0. The Morgan fingerprint density at radius 3 is 2.44 bits per heavy atom. The molecule has 0 saturated carbocycles. The number of nitrogens with two attached hydrogens (primary N) is 1. The summed E-state index contributed by atoms with van der Waals surface area (Å²) in [5.74, 6) is -0.0918. The molecule has 0 radical (unpaired) electrons. The molecule has 1 unspecified atom stereocenters. The van der Waals surface area contributed by atoms with Crippen molar-refractivity contribution in [2.75, 3.05) is 26.8 Å². The van der Waals surface area contributed by atoms with Crippen molar-refractivity contribution < 1.29 is 14.3 Å². The van der Waals surface area contributed by atoms with Gasteiger partial charge in [0, 0.05) is 26.8 Å². The highest BCUT2D eigenvalue weighted by molar-refractivity contribution is 5.80.